The van der Waals surface area contributed by atoms with Crippen molar-refractivity contribution in [2.24, 2.45) is 0 Å². The summed E-state index contributed by atoms with van der Waals surface area (Å²) in [5.41, 5.74) is 5.06. The molecule has 0 aliphatic carbocycles. The van der Waals surface area contributed by atoms with Gasteiger partial charge in [0.05, 0.1) is 19.3 Å². The van der Waals surface area contributed by atoms with Gasteiger partial charge in [0.1, 0.15) is 5.75 Å². The fourth-order valence-corrected chi connectivity index (χ4v) is 4.22. The van der Waals surface area contributed by atoms with Crippen molar-refractivity contribution >= 4 is 22.7 Å². The Kier molecular flexibility index (Phi) is 7.00. The molecule has 0 bridgehead atoms. The molecule has 3 aromatic carbocycles. The molecule has 0 aliphatic rings. The van der Waals surface area contributed by atoms with Crippen LogP contribution in [0, 0.1) is 13.8 Å². The zero-order valence-electron chi connectivity index (χ0n) is 21.3. The predicted octanol–water partition coefficient (Wildman–Crippen LogP) is 5.93. The van der Waals surface area contributed by atoms with E-state index >= 15 is 0 Å². The van der Waals surface area contributed by atoms with Crippen molar-refractivity contribution in [1.82, 2.24) is 4.57 Å². The van der Waals surface area contributed by atoms with Crippen LogP contribution in [0.4, 0.5) is 0 Å². The molecule has 0 atom stereocenters. The number of methoxy groups -OCH3 is 1. The average Bonchev–Trinajstić information content (AvgIpc) is 3.13. The van der Waals surface area contributed by atoms with Gasteiger partial charge in [0.15, 0.2) is 11.4 Å². The van der Waals surface area contributed by atoms with Gasteiger partial charge in [-0.15, -0.1) is 0 Å². The minimum atomic E-state index is -1.25. The highest BCUT2D eigenvalue weighted by Gasteiger charge is 2.27. The monoisotopic (exact) mass is 485 g/mol. The first-order valence-corrected chi connectivity index (χ1v) is 11.8. The number of hydrogen-bond acceptors (Lipinski definition) is 4. The van der Waals surface area contributed by atoms with Gasteiger partial charge in [0, 0.05) is 28.7 Å². The van der Waals surface area contributed by atoms with Crippen molar-refractivity contribution in [2.45, 2.75) is 46.4 Å². The van der Waals surface area contributed by atoms with Crippen molar-refractivity contribution in [1.29, 1.82) is 0 Å². The van der Waals surface area contributed by atoms with E-state index in [9.17, 15) is 14.7 Å². The third-order valence-corrected chi connectivity index (χ3v) is 6.54. The van der Waals surface area contributed by atoms with E-state index in [1.807, 2.05) is 38.1 Å². The van der Waals surface area contributed by atoms with Gasteiger partial charge < -0.3 is 19.1 Å². The first kappa shape index (κ1) is 25.2. The molecule has 4 aromatic rings. The number of hydrogen-bond donors (Lipinski definition) is 1. The number of nitrogens with zero attached hydrogens (tertiary/aromatic N) is 1. The minimum Gasteiger partial charge on any atom is -0.497 e. The highest BCUT2D eigenvalue weighted by atomic mass is 16.5. The van der Waals surface area contributed by atoms with Gasteiger partial charge in [0.2, 0.25) is 0 Å². The molecule has 0 radical (unpaired) electrons. The zero-order chi connectivity index (χ0) is 26.0. The molecule has 0 spiro atoms. The molecule has 0 amide bonds. The van der Waals surface area contributed by atoms with Crippen molar-refractivity contribution in [3.8, 4) is 5.75 Å². The van der Waals surface area contributed by atoms with Crippen LogP contribution in [-0.2, 0) is 22.7 Å². The van der Waals surface area contributed by atoms with Crippen molar-refractivity contribution in [3.05, 3.63) is 100 Å². The van der Waals surface area contributed by atoms with E-state index in [0.29, 0.717) is 23.4 Å². The summed E-state index contributed by atoms with van der Waals surface area (Å²) < 4.78 is 13.0. The Bertz CT molecular complexity index is 1410. The van der Waals surface area contributed by atoms with E-state index in [1.165, 1.54) is 13.8 Å². The second kappa shape index (κ2) is 9.99. The van der Waals surface area contributed by atoms with Crippen LogP contribution in [0.5, 0.6) is 5.75 Å². The van der Waals surface area contributed by atoms with E-state index in [2.05, 4.69) is 22.8 Å². The number of aryl methyl sites for hydroxylation is 1. The number of fused-ring (bicyclic) bond motifs is 1. The van der Waals surface area contributed by atoms with E-state index in [4.69, 9.17) is 9.47 Å². The van der Waals surface area contributed by atoms with Crippen molar-refractivity contribution in [2.75, 3.05) is 7.11 Å². The van der Waals surface area contributed by atoms with Gasteiger partial charge in [-0.05, 0) is 75.2 Å². The maximum atomic E-state index is 13.6. The van der Waals surface area contributed by atoms with E-state index in [-0.39, 0.29) is 12.4 Å². The molecule has 0 saturated heterocycles. The van der Waals surface area contributed by atoms with E-state index in [0.717, 1.165) is 33.3 Å². The molecule has 6 heteroatoms. The summed E-state index contributed by atoms with van der Waals surface area (Å²) in [5, 5.41) is 10.2. The van der Waals surface area contributed by atoms with Gasteiger partial charge in [-0.2, -0.15) is 0 Å². The third-order valence-electron chi connectivity index (χ3n) is 6.54. The summed E-state index contributed by atoms with van der Waals surface area (Å²) in [6.45, 7) is 7.91. The summed E-state index contributed by atoms with van der Waals surface area (Å²) in [6.07, 6.45) is 0. The lowest BCUT2D eigenvalue weighted by Gasteiger charge is -2.20. The van der Waals surface area contributed by atoms with Crippen LogP contribution in [0.15, 0.2) is 66.7 Å². The molecule has 36 heavy (non-hydrogen) atoms. The highest BCUT2D eigenvalue weighted by molar-refractivity contribution is 6.17. The number of rotatable bonds is 9. The molecule has 0 fully saturated rings. The summed E-state index contributed by atoms with van der Waals surface area (Å²) in [7, 11) is 1.60. The molecule has 1 aromatic heterocycles. The number of benzene rings is 3. The van der Waals surface area contributed by atoms with Gasteiger partial charge >= 0.3 is 5.97 Å². The average molecular weight is 486 g/mol. The van der Waals surface area contributed by atoms with Crippen LogP contribution in [-0.4, -0.2) is 34.1 Å². The fraction of sp³-hybridized carbons (Fsp3) is 0.267. The van der Waals surface area contributed by atoms with Crippen LogP contribution in [0.3, 0.4) is 0 Å². The van der Waals surface area contributed by atoms with Crippen LogP contribution in [0.25, 0.3) is 10.9 Å². The third kappa shape index (κ3) is 5.04. The Morgan fingerprint density at radius 1 is 0.917 bits per heavy atom. The number of carbonyl (C=O) groups excluding carboxylic acids is 1. The first-order valence-electron chi connectivity index (χ1n) is 11.8. The number of aliphatic carboxylic acids is 1. The molecule has 0 aliphatic heterocycles. The predicted molar refractivity (Wildman–Crippen MR) is 140 cm³/mol. The minimum absolute atomic E-state index is 0.0157. The van der Waals surface area contributed by atoms with Gasteiger partial charge in [0.25, 0.3) is 0 Å². The Morgan fingerprint density at radius 3 is 2.17 bits per heavy atom. The molecule has 186 valence electrons. The number of ether oxygens (including phenoxy) is 2. The standard InChI is InChI=1S/C30H31NO5/c1-19-6-15-26-25(16-19)27(28(32)23-11-13-24(35-5)14-12-23)20(2)31(26)17-21-7-9-22(10-8-21)18-36-30(3,4)29(33)34/h6-16H,17-18H2,1-5H3,(H,33,34). The second-order valence-corrected chi connectivity index (χ2v) is 9.55. The Hall–Kier alpha value is -3.90. The van der Waals surface area contributed by atoms with E-state index in [1.54, 1.807) is 31.4 Å². The normalized spacial score (nSPS) is 11.6. The van der Waals surface area contributed by atoms with Crippen LogP contribution >= 0.6 is 0 Å². The van der Waals surface area contributed by atoms with Crippen LogP contribution in [0.1, 0.15) is 52.2 Å². The van der Waals surface area contributed by atoms with Gasteiger partial charge in [-0.25, -0.2) is 4.79 Å². The molecular formula is C30H31NO5. The van der Waals surface area contributed by atoms with Gasteiger partial charge in [-0.3, -0.25) is 4.79 Å². The SMILES string of the molecule is COc1ccc(C(=O)c2c(C)n(Cc3ccc(COC(C)(C)C(=O)O)cc3)c3ccc(C)cc23)cc1. The number of carboxylic acid groups (broad SMARTS) is 1. The quantitative estimate of drug-likeness (QED) is 0.298. The molecule has 0 unspecified atom stereocenters. The highest BCUT2D eigenvalue weighted by Crippen LogP contribution is 2.30. The van der Waals surface area contributed by atoms with Crippen molar-refractivity contribution < 1.29 is 24.2 Å². The number of aromatic nitrogens is 1. The Balaban J connectivity index is 1.64. The molecule has 4 rings (SSSR count). The topological polar surface area (TPSA) is 77.8 Å². The maximum Gasteiger partial charge on any atom is 0.335 e. The summed E-state index contributed by atoms with van der Waals surface area (Å²) in [4.78, 5) is 24.9. The number of ketones is 1. The lowest BCUT2D eigenvalue weighted by Crippen LogP contribution is -2.34. The molecular weight excluding hydrogens is 454 g/mol. The molecule has 0 saturated carbocycles. The summed E-state index contributed by atoms with van der Waals surface area (Å²) >= 11 is 0. The van der Waals surface area contributed by atoms with Crippen LogP contribution in [0.2, 0.25) is 0 Å². The largest absolute Gasteiger partial charge is 0.497 e. The van der Waals surface area contributed by atoms with E-state index < -0.39 is 11.6 Å². The molecule has 6 nitrogen and oxygen atoms in total. The van der Waals surface area contributed by atoms with Crippen LogP contribution < -0.4 is 4.74 Å². The number of carboxylic acids is 1. The Morgan fingerprint density at radius 2 is 1.56 bits per heavy atom. The zero-order valence-corrected chi connectivity index (χ0v) is 21.3. The summed E-state index contributed by atoms with van der Waals surface area (Å²) in [6, 6.07) is 21.3. The smallest absolute Gasteiger partial charge is 0.335 e. The molecule has 1 N–H and O–H groups in total. The van der Waals surface area contributed by atoms with Crippen molar-refractivity contribution in [3.63, 3.8) is 0 Å². The lowest BCUT2D eigenvalue weighted by molar-refractivity contribution is -0.162. The Labute approximate surface area is 211 Å². The fourth-order valence-electron chi connectivity index (χ4n) is 4.22. The second-order valence-electron chi connectivity index (χ2n) is 9.55. The first-order chi connectivity index (χ1) is 17.1. The summed E-state index contributed by atoms with van der Waals surface area (Å²) in [5.74, 6) is -0.302. The number of carbonyl (C=O) groups is 2. The van der Waals surface area contributed by atoms with Gasteiger partial charge in [-0.1, -0.05) is 35.9 Å². The molecule has 1 heterocycles. The lowest BCUT2D eigenvalue weighted by atomic mass is 9.99. The maximum absolute atomic E-state index is 13.6.